The topological polar surface area (TPSA) is 71.4 Å². The molecule has 0 saturated carbocycles. The zero-order chi connectivity index (χ0) is 18.4. The molecule has 0 radical (unpaired) electrons. The quantitative estimate of drug-likeness (QED) is 0.686. The van der Waals surface area contributed by atoms with E-state index >= 15 is 0 Å². The molecule has 1 aromatic heterocycles. The highest BCUT2D eigenvalue weighted by atomic mass is 35.5. The number of nitrogens with zero attached hydrogens (tertiary/aromatic N) is 3. The molecular formula is C18H29Cl2N5O2. The van der Waals surface area contributed by atoms with Gasteiger partial charge >= 0.3 is 0 Å². The van der Waals surface area contributed by atoms with Gasteiger partial charge in [0.15, 0.2) is 0 Å². The average Bonchev–Trinajstić information content (AvgIpc) is 3.01. The molecule has 27 heavy (non-hydrogen) atoms. The van der Waals surface area contributed by atoms with Crippen LogP contribution in [0.5, 0.6) is 5.75 Å². The predicted octanol–water partition coefficient (Wildman–Crippen LogP) is 1.95. The molecule has 1 heterocycles. The molecular weight excluding hydrogens is 389 g/mol. The lowest BCUT2D eigenvalue weighted by atomic mass is 10.0. The SMILES string of the molecule is CNC(C(=O)NCC(c1cccc(OC)c1)N(C)C)c1cnn(C)c1.Cl.Cl. The molecule has 2 rings (SSSR count). The number of rotatable bonds is 8. The maximum Gasteiger partial charge on any atom is 0.241 e. The molecule has 152 valence electrons. The Kier molecular flexibility index (Phi) is 11.0. The van der Waals surface area contributed by atoms with Crippen molar-refractivity contribution in [1.29, 1.82) is 0 Å². The second kappa shape index (κ2) is 11.8. The van der Waals surface area contributed by atoms with Crippen molar-refractivity contribution in [3.63, 3.8) is 0 Å². The lowest BCUT2D eigenvalue weighted by Gasteiger charge is -2.26. The largest absolute Gasteiger partial charge is 0.497 e. The second-order valence-electron chi connectivity index (χ2n) is 6.17. The van der Waals surface area contributed by atoms with Crippen molar-refractivity contribution in [3.05, 3.63) is 47.8 Å². The summed E-state index contributed by atoms with van der Waals surface area (Å²) in [5.74, 6) is 0.726. The van der Waals surface area contributed by atoms with Gasteiger partial charge in [0, 0.05) is 25.4 Å². The highest BCUT2D eigenvalue weighted by Crippen LogP contribution is 2.22. The summed E-state index contributed by atoms with van der Waals surface area (Å²) in [7, 11) is 9.23. The van der Waals surface area contributed by atoms with E-state index in [2.05, 4.69) is 20.6 Å². The van der Waals surface area contributed by atoms with Crippen LogP contribution in [0.15, 0.2) is 36.7 Å². The highest BCUT2D eigenvalue weighted by Gasteiger charge is 2.22. The zero-order valence-corrected chi connectivity index (χ0v) is 17.9. The number of methoxy groups -OCH3 is 1. The van der Waals surface area contributed by atoms with Crippen LogP contribution < -0.4 is 15.4 Å². The van der Waals surface area contributed by atoms with E-state index in [1.807, 2.05) is 51.6 Å². The average molecular weight is 418 g/mol. The number of nitrogens with one attached hydrogen (secondary N) is 2. The maximum atomic E-state index is 12.6. The molecule has 0 saturated heterocycles. The van der Waals surface area contributed by atoms with E-state index in [-0.39, 0.29) is 36.8 Å². The summed E-state index contributed by atoms with van der Waals surface area (Å²) in [5.41, 5.74) is 1.93. The van der Waals surface area contributed by atoms with Crippen LogP contribution in [0.4, 0.5) is 0 Å². The molecule has 2 atom stereocenters. The van der Waals surface area contributed by atoms with E-state index in [0.29, 0.717) is 6.54 Å². The number of amides is 1. The number of likely N-dealkylation sites (N-methyl/N-ethyl adjacent to an activating group) is 2. The number of benzene rings is 1. The van der Waals surface area contributed by atoms with Gasteiger partial charge in [-0.15, -0.1) is 24.8 Å². The Hall–Kier alpha value is -1.80. The van der Waals surface area contributed by atoms with Gasteiger partial charge in [0.25, 0.3) is 0 Å². The molecule has 9 heteroatoms. The molecule has 0 bridgehead atoms. The van der Waals surface area contributed by atoms with Gasteiger partial charge in [-0.05, 0) is 38.8 Å². The summed E-state index contributed by atoms with van der Waals surface area (Å²) in [4.78, 5) is 14.7. The number of hydrogen-bond acceptors (Lipinski definition) is 5. The minimum Gasteiger partial charge on any atom is -0.497 e. The van der Waals surface area contributed by atoms with Gasteiger partial charge < -0.3 is 20.3 Å². The van der Waals surface area contributed by atoms with Crippen LogP contribution >= 0.6 is 24.8 Å². The minimum absolute atomic E-state index is 0. The van der Waals surface area contributed by atoms with Crippen LogP contribution in [0.3, 0.4) is 0 Å². The molecule has 0 spiro atoms. The molecule has 2 unspecified atom stereocenters. The molecule has 0 aliphatic rings. The first-order chi connectivity index (χ1) is 12.0. The van der Waals surface area contributed by atoms with Gasteiger partial charge in [0.1, 0.15) is 11.8 Å². The number of hydrogen-bond donors (Lipinski definition) is 2. The Morgan fingerprint density at radius 1 is 1.30 bits per heavy atom. The van der Waals surface area contributed by atoms with Crippen molar-refractivity contribution in [2.75, 3.05) is 34.8 Å². The van der Waals surface area contributed by atoms with Crippen molar-refractivity contribution in [1.82, 2.24) is 25.3 Å². The van der Waals surface area contributed by atoms with Crippen LogP contribution in [-0.4, -0.2) is 55.4 Å². The number of ether oxygens (including phenoxy) is 1. The van der Waals surface area contributed by atoms with Crippen molar-refractivity contribution in [2.24, 2.45) is 7.05 Å². The van der Waals surface area contributed by atoms with E-state index in [9.17, 15) is 4.79 Å². The third-order valence-electron chi connectivity index (χ3n) is 4.18. The van der Waals surface area contributed by atoms with Gasteiger partial charge in [0.05, 0.1) is 19.3 Å². The Morgan fingerprint density at radius 3 is 2.52 bits per heavy atom. The predicted molar refractivity (Wildman–Crippen MR) is 112 cm³/mol. The Morgan fingerprint density at radius 2 is 2.00 bits per heavy atom. The standard InChI is InChI=1S/C18H27N5O2.2ClH/c1-19-17(14-10-21-23(4)12-14)18(24)20-11-16(22(2)3)13-7-6-8-15(9-13)25-5;;/h6-10,12,16-17,19H,11H2,1-5H3,(H,20,24);2*1H. The van der Waals surface area contributed by atoms with E-state index in [4.69, 9.17) is 4.74 Å². The van der Waals surface area contributed by atoms with Gasteiger partial charge in [-0.1, -0.05) is 12.1 Å². The van der Waals surface area contributed by atoms with Crippen molar-refractivity contribution in [3.8, 4) is 5.75 Å². The number of carbonyl (C=O) groups is 1. The third-order valence-corrected chi connectivity index (χ3v) is 4.18. The van der Waals surface area contributed by atoms with Crippen LogP contribution in [0.2, 0.25) is 0 Å². The minimum atomic E-state index is -0.429. The van der Waals surface area contributed by atoms with E-state index in [1.54, 1.807) is 25.0 Å². The Labute approximate surface area is 173 Å². The molecule has 1 aromatic carbocycles. The second-order valence-corrected chi connectivity index (χ2v) is 6.17. The first-order valence-electron chi connectivity index (χ1n) is 8.20. The lowest BCUT2D eigenvalue weighted by Crippen LogP contribution is -2.40. The van der Waals surface area contributed by atoms with Crippen molar-refractivity contribution in [2.45, 2.75) is 12.1 Å². The molecule has 0 fully saturated rings. The first-order valence-corrected chi connectivity index (χ1v) is 8.20. The first kappa shape index (κ1) is 25.2. The van der Waals surface area contributed by atoms with Gasteiger partial charge in [-0.25, -0.2) is 0 Å². The lowest BCUT2D eigenvalue weighted by molar-refractivity contribution is -0.123. The third kappa shape index (κ3) is 6.70. The Bertz CT molecular complexity index is 709. The van der Waals surface area contributed by atoms with E-state index in [1.165, 1.54) is 0 Å². The summed E-state index contributed by atoms with van der Waals surface area (Å²) in [6, 6.07) is 7.52. The van der Waals surface area contributed by atoms with Crippen molar-refractivity contribution >= 4 is 30.7 Å². The van der Waals surface area contributed by atoms with Crippen LogP contribution in [0.25, 0.3) is 0 Å². The molecule has 7 nitrogen and oxygen atoms in total. The summed E-state index contributed by atoms with van der Waals surface area (Å²) < 4.78 is 6.99. The fourth-order valence-electron chi connectivity index (χ4n) is 2.79. The molecule has 2 aromatic rings. The van der Waals surface area contributed by atoms with Crippen LogP contribution in [-0.2, 0) is 11.8 Å². The molecule has 2 N–H and O–H groups in total. The number of halogens is 2. The Balaban J connectivity index is 0.00000338. The van der Waals surface area contributed by atoms with Crippen molar-refractivity contribution < 1.29 is 9.53 Å². The van der Waals surface area contributed by atoms with Gasteiger partial charge in [-0.3, -0.25) is 9.48 Å². The van der Waals surface area contributed by atoms with Crippen LogP contribution in [0, 0.1) is 0 Å². The molecule has 1 amide bonds. The maximum absolute atomic E-state index is 12.6. The van der Waals surface area contributed by atoms with Crippen LogP contribution in [0.1, 0.15) is 23.2 Å². The van der Waals surface area contributed by atoms with Gasteiger partial charge in [-0.2, -0.15) is 5.10 Å². The van der Waals surface area contributed by atoms with Gasteiger partial charge in [0.2, 0.25) is 5.91 Å². The fourth-order valence-corrected chi connectivity index (χ4v) is 2.79. The number of carbonyl (C=O) groups excluding carboxylic acids is 1. The smallest absolute Gasteiger partial charge is 0.241 e. The summed E-state index contributed by atoms with van der Waals surface area (Å²) in [6.45, 7) is 0.497. The van der Waals surface area contributed by atoms with E-state index in [0.717, 1.165) is 16.9 Å². The zero-order valence-electron chi connectivity index (χ0n) is 16.3. The molecule has 0 aliphatic carbocycles. The summed E-state index contributed by atoms with van der Waals surface area (Å²) >= 11 is 0. The summed E-state index contributed by atoms with van der Waals surface area (Å²) in [6.07, 6.45) is 3.54. The number of aromatic nitrogens is 2. The highest BCUT2D eigenvalue weighted by molar-refractivity contribution is 5.85. The molecule has 0 aliphatic heterocycles. The monoisotopic (exact) mass is 417 g/mol. The normalized spacial score (nSPS) is 12.5. The fraction of sp³-hybridized carbons (Fsp3) is 0.444. The number of aryl methyl sites for hydroxylation is 1. The summed E-state index contributed by atoms with van der Waals surface area (Å²) in [5, 5.41) is 10.2. The van der Waals surface area contributed by atoms with E-state index < -0.39 is 6.04 Å².